The molecule has 2 aromatic carbocycles. The van der Waals surface area contributed by atoms with Crippen LogP contribution in [-0.2, 0) is 23.0 Å². The van der Waals surface area contributed by atoms with Gasteiger partial charge in [0.05, 0.1) is 30.0 Å². The van der Waals surface area contributed by atoms with Gasteiger partial charge in [0.25, 0.3) is 11.5 Å². The van der Waals surface area contributed by atoms with E-state index in [1.165, 1.54) is 17.6 Å². The fourth-order valence-corrected chi connectivity index (χ4v) is 5.32. The highest BCUT2D eigenvalue weighted by atomic mass is 19.4. The van der Waals surface area contributed by atoms with Crippen LogP contribution < -0.4 is 15.8 Å². The van der Waals surface area contributed by atoms with Crippen LogP contribution in [0.25, 0.3) is 11.1 Å². The van der Waals surface area contributed by atoms with Crippen molar-refractivity contribution >= 4 is 17.6 Å². The van der Waals surface area contributed by atoms with Gasteiger partial charge in [-0.1, -0.05) is 18.2 Å². The molecule has 1 saturated heterocycles. The van der Waals surface area contributed by atoms with Gasteiger partial charge in [0.1, 0.15) is 23.7 Å². The van der Waals surface area contributed by atoms with E-state index in [1.807, 2.05) is 0 Å². The van der Waals surface area contributed by atoms with Gasteiger partial charge in [0.15, 0.2) is 0 Å². The number of carboxylic acids is 1. The number of halogens is 4. The van der Waals surface area contributed by atoms with Crippen molar-refractivity contribution in [2.24, 2.45) is 7.05 Å². The molecule has 0 unspecified atom stereocenters. The van der Waals surface area contributed by atoms with Gasteiger partial charge in [-0.2, -0.15) is 13.2 Å². The summed E-state index contributed by atoms with van der Waals surface area (Å²) in [4.78, 5) is 43.5. The van der Waals surface area contributed by atoms with Gasteiger partial charge in [-0.05, 0) is 62.1 Å². The Bertz CT molecular complexity index is 1610. The average molecular weight is 605 g/mol. The molecule has 0 spiro atoms. The third-order valence-corrected chi connectivity index (χ3v) is 7.64. The number of morpholine rings is 1. The molecule has 1 fully saturated rings. The first kappa shape index (κ1) is 31.7. The van der Waals surface area contributed by atoms with Crippen molar-refractivity contribution in [2.75, 3.05) is 24.7 Å². The van der Waals surface area contributed by atoms with Crippen molar-refractivity contribution in [3.05, 3.63) is 80.3 Å². The van der Waals surface area contributed by atoms with Crippen LogP contribution in [0.3, 0.4) is 0 Å². The van der Waals surface area contributed by atoms with E-state index >= 15 is 4.39 Å². The fourth-order valence-electron chi connectivity index (χ4n) is 5.32. The number of anilines is 1. The predicted octanol–water partition coefficient (Wildman–Crippen LogP) is 4.01. The maximum Gasteiger partial charge on any atom is 0.411 e. The minimum absolute atomic E-state index is 0.0222. The quantitative estimate of drug-likeness (QED) is 0.392. The van der Waals surface area contributed by atoms with Crippen molar-refractivity contribution < 1.29 is 37.0 Å². The Morgan fingerprint density at radius 1 is 1.14 bits per heavy atom. The number of aryl methyl sites for hydroxylation is 4. The van der Waals surface area contributed by atoms with E-state index in [4.69, 9.17) is 4.74 Å². The van der Waals surface area contributed by atoms with Gasteiger partial charge in [0.2, 0.25) is 0 Å². The molecule has 1 aliphatic rings. The van der Waals surface area contributed by atoms with Crippen molar-refractivity contribution in [2.45, 2.75) is 52.4 Å². The number of carbonyl (C=O) groups excluding carboxylic acids is 1. The molecule has 2 atom stereocenters. The number of aromatic nitrogens is 2. The summed E-state index contributed by atoms with van der Waals surface area (Å²) < 4.78 is 62.2. The standard InChI is InChI=1S/C30H32F4N4O5/c1-15-10-19(6-7-21(15)26-17(3)35-18(4)37(5)28(26)40)12-23(29(41)42)36-27(39)25-16(2)11-20(13-22(25)31)38-8-9-43-14-24(38)30(32,33)34/h6-7,10-11,13,23-24H,8-9,12,14H2,1-5H3,(H,36,39)(H,41,42)/t23-,24+/m0/s1. The molecule has 1 amide bonds. The number of hydrogen-bond acceptors (Lipinski definition) is 6. The first-order valence-electron chi connectivity index (χ1n) is 13.5. The second-order valence-corrected chi connectivity index (χ2v) is 10.6. The minimum Gasteiger partial charge on any atom is -0.480 e. The van der Waals surface area contributed by atoms with E-state index in [-0.39, 0.29) is 36.4 Å². The summed E-state index contributed by atoms with van der Waals surface area (Å²) in [6.45, 7) is 5.89. The van der Waals surface area contributed by atoms with Crippen LogP contribution in [0, 0.1) is 33.5 Å². The van der Waals surface area contributed by atoms with Crippen LogP contribution in [0.1, 0.15) is 38.6 Å². The van der Waals surface area contributed by atoms with Gasteiger partial charge in [-0.15, -0.1) is 0 Å². The lowest BCUT2D eigenvalue weighted by Gasteiger charge is -2.38. The monoisotopic (exact) mass is 604 g/mol. The number of amides is 1. The summed E-state index contributed by atoms with van der Waals surface area (Å²) in [5.74, 6) is -2.89. The molecule has 13 heteroatoms. The molecule has 0 radical (unpaired) electrons. The Morgan fingerprint density at radius 3 is 2.44 bits per heavy atom. The molecule has 43 heavy (non-hydrogen) atoms. The Balaban J connectivity index is 1.56. The predicted molar refractivity (Wildman–Crippen MR) is 151 cm³/mol. The maximum absolute atomic E-state index is 15.2. The number of rotatable bonds is 7. The number of benzene rings is 2. The molecule has 2 heterocycles. The number of carboxylic acid groups (broad SMARTS) is 1. The third-order valence-electron chi connectivity index (χ3n) is 7.64. The summed E-state index contributed by atoms with van der Waals surface area (Å²) in [7, 11) is 1.62. The highest BCUT2D eigenvalue weighted by Gasteiger charge is 2.45. The Hall–Kier alpha value is -4.26. The Kier molecular flexibility index (Phi) is 8.95. The van der Waals surface area contributed by atoms with Gasteiger partial charge in [-0.3, -0.25) is 14.2 Å². The zero-order chi connectivity index (χ0) is 31.8. The first-order valence-corrected chi connectivity index (χ1v) is 13.5. The summed E-state index contributed by atoms with van der Waals surface area (Å²) in [6.07, 6.45) is -4.76. The molecule has 3 aromatic rings. The van der Waals surface area contributed by atoms with Gasteiger partial charge in [-0.25, -0.2) is 14.2 Å². The highest BCUT2D eigenvalue weighted by Crippen LogP contribution is 2.33. The summed E-state index contributed by atoms with van der Waals surface area (Å²) in [5.41, 5.74) is 2.16. The number of alkyl halides is 3. The van der Waals surface area contributed by atoms with Crippen LogP contribution >= 0.6 is 0 Å². The number of hydrogen-bond donors (Lipinski definition) is 2. The zero-order valence-corrected chi connectivity index (χ0v) is 24.3. The van der Waals surface area contributed by atoms with E-state index in [0.29, 0.717) is 33.8 Å². The SMILES string of the molecule is Cc1cc(C[C@H](NC(=O)c2c(C)cc(N3CCOC[C@@H]3C(F)(F)F)cc2F)C(=O)O)ccc1-c1c(C)nc(C)n(C)c1=O. The molecular formula is C30H32F4N4O5. The minimum atomic E-state index is -4.61. The Morgan fingerprint density at radius 2 is 1.84 bits per heavy atom. The van der Waals surface area contributed by atoms with E-state index in [9.17, 15) is 32.7 Å². The normalized spacial score (nSPS) is 16.2. The lowest BCUT2D eigenvalue weighted by molar-refractivity contribution is -0.167. The van der Waals surface area contributed by atoms with Gasteiger partial charge >= 0.3 is 12.1 Å². The van der Waals surface area contributed by atoms with Crippen LogP contribution in [0.15, 0.2) is 35.1 Å². The second kappa shape index (κ2) is 12.2. The molecule has 0 saturated carbocycles. The molecule has 1 aliphatic heterocycles. The summed E-state index contributed by atoms with van der Waals surface area (Å²) in [5, 5.41) is 12.2. The molecule has 1 aromatic heterocycles. The van der Waals surface area contributed by atoms with Crippen LogP contribution in [-0.4, -0.2) is 64.6 Å². The van der Waals surface area contributed by atoms with Crippen molar-refractivity contribution in [3.8, 4) is 11.1 Å². The van der Waals surface area contributed by atoms with Crippen LogP contribution in [0.2, 0.25) is 0 Å². The van der Waals surface area contributed by atoms with E-state index in [1.54, 1.807) is 46.0 Å². The Labute approximate surface area is 245 Å². The lowest BCUT2D eigenvalue weighted by atomic mass is 9.95. The fraction of sp³-hybridized carbons (Fsp3) is 0.400. The van der Waals surface area contributed by atoms with Gasteiger partial charge < -0.3 is 20.1 Å². The van der Waals surface area contributed by atoms with Crippen molar-refractivity contribution in [1.82, 2.24) is 14.9 Å². The number of ether oxygens (including phenoxy) is 1. The van der Waals surface area contributed by atoms with E-state index in [2.05, 4.69) is 10.3 Å². The number of carbonyl (C=O) groups is 2. The molecule has 2 N–H and O–H groups in total. The number of nitrogens with one attached hydrogen (secondary N) is 1. The highest BCUT2D eigenvalue weighted by molar-refractivity contribution is 5.98. The van der Waals surface area contributed by atoms with E-state index < -0.39 is 48.1 Å². The van der Waals surface area contributed by atoms with Crippen molar-refractivity contribution in [3.63, 3.8) is 0 Å². The smallest absolute Gasteiger partial charge is 0.411 e. The first-order chi connectivity index (χ1) is 20.1. The van der Waals surface area contributed by atoms with Crippen LogP contribution in [0.5, 0.6) is 0 Å². The zero-order valence-electron chi connectivity index (χ0n) is 24.3. The summed E-state index contributed by atoms with van der Waals surface area (Å²) in [6, 6.07) is 3.73. The molecule has 230 valence electrons. The average Bonchev–Trinajstić information content (AvgIpc) is 2.91. The molecule has 4 rings (SSSR count). The lowest BCUT2D eigenvalue weighted by Crippen LogP contribution is -2.53. The van der Waals surface area contributed by atoms with Crippen LogP contribution in [0.4, 0.5) is 23.2 Å². The molecule has 0 aliphatic carbocycles. The third kappa shape index (κ3) is 6.56. The van der Waals surface area contributed by atoms with E-state index in [0.717, 1.165) is 11.0 Å². The topological polar surface area (TPSA) is 114 Å². The number of nitrogens with zero attached hydrogens (tertiary/aromatic N) is 3. The largest absolute Gasteiger partial charge is 0.480 e. The molecular weight excluding hydrogens is 572 g/mol. The maximum atomic E-state index is 15.2. The summed E-state index contributed by atoms with van der Waals surface area (Å²) >= 11 is 0. The molecule has 0 bridgehead atoms. The molecule has 9 nitrogen and oxygen atoms in total. The number of aliphatic carboxylic acids is 1. The van der Waals surface area contributed by atoms with Gasteiger partial charge in [0, 0.05) is 25.7 Å². The van der Waals surface area contributed by atoms with Crippen molar-refractivity contribution in [1.29, 1.82) is 0 Å². The second-order valence-electron chi connectivity index (χ2n) is 10.6.